The third kappa shape index (κ3) is 1.34. The van der Waals surface area contributed by atoms with Crippen LogP contribution in [0.4, 0.5) is 0 Å². The summed E-state index contributed by atoms with van der Waals surface area (Å²) in [6, 6.07) is 4.39. The number of hydrogen-bond donors (Lipinski definition) is 0. The van der Waals surface area contributed by atoms with Gasteiger partial charge in [-0.3, -0.25) is 0 Å². The molecule has 0 fully saturated rings. The first kappa shape index (κ1) is 11.1. The number of benzene rings is 1. The molecule has 0 atom stereocenters. The van der Waals surface area contributed by atoms with Gasteiger partial charge < -0.3 is 0 Å². The van der Waals surface area contributed by atoms with E-state index < -0.39 is 0 Å². The lowest BCUT2D eigenvalue weighted by molar-refractivity contribution is 1.33. The number of nitriles is 2. The zero-order valence-corrected chi connectivity index (χ0v) is 11.2. The Kier molecular flexibility index (Phi) is 2.30. The monoisotopic (exact) mass is 270 g/mol. The first-order chi connectivity index (χ1) is 8.65. The lowest BCUT2D eigenvalue weighted by Crippen LogP contribution is -1.85. The average molecular weight is 270 g/mol. The van der Waals surface area contributed by atoms with Crippen LogP contribution >= 0.6 is 22.7 Å². The van der Waals surface area contributed by atoms with Crippen molar-refractivity contribution in [1.29, 1.82) is 10.5 Å². The fourth-order valence-corrected chi connectivity index (χ4v) is 3.80. The van der Waals surface area contributed by atoms with Gasteiger partial charge >= 0.3 is 0 Å². The summed E-state index contributed by atoms with van der Waals surface area (Å²) in [5, 5.41) is 20.4. The highest BCUT2D eigenvalue weighted by atomic mass is 32.1. The van der Waals surface area contributed by atoms with Crippen LogP contribution in [0.1, 0.15) is 21.1 Å². The van der Waals surface area contributed by atoms with Crippen molar-refractivity contribution in [2.45, 2.75) is 13.8 Å². The molecule has 0 unspecified atom stereocenters. The summed E-state index contributed by atoms with van der Waals surface area (Å²) in [5.41, 5.74) is 2.34. The topological polar surface area (TPSA) is 73.4 Å². The highest BCUT2D eigenvalue weighted by molar-refractivity contribution is 7.20. The van der Waals surface area contributed by atoms with E-state index in [2.05, 4.69) is 22.1 Å². The van der Waals surface area contributed by atoms with Gasteiger partial charge in [0.15, 0.2) is 0 Å². The Morgan fingerprint density at radius 2 is 1.22 bits per heavy atom. The Morgan fingerprint density at radius 3 is 1.56 bits per heavy atom. The molecule has 0 bridgehead atoms. The SMILES string of the molecule is Cc1nc2c(C#N)c3sc(C)nc3c(C#N)c2s1. The molecule has 0 aliphatic carbocycles. The molecule has 0 N–H and O–H groups in total. The van der Waals surface area contributed by atoms with Crippen molar-refractivity contribution in [3.63, 3.8) is 0 Å². The Labute approximate surface area is 111 Å². The van der Waals surface area contributed by atoms with E-state index in [0.29, 0.717) is 22.2 Å². The summed E-state index contributed by atoms with van der Waals surface area (Å²) >= 11 is 2.87. The molecule has 0 radical (unpaired) electrons. The van der Waals surface area contributed by atoms with E-state index in [0.717, 1.165) is 19.4 Å². The molecule has 3 aromatic rings. The number of nitrogens with zero attached hydrogens (tertiary/aromatic N) is 4. The third-order valence-electron chi connectivity index (χ3n) is 2.62. The summed E-state index contributed by atoms with van der Waals surface area (Å²) in [6.45, 7) is 3.75. The van der Waals surface area contributed by atoms with E-state index in [9.17, 15) is 10.5 Å². The van der Waals surface area contributed by atoms with Crippen LogP contribution in [0.5, 0.6) is 0 Å². The van der Waals surface area contributed by atoms with Crippen LogP contribution in [0.25, 0.3) is 20.4 Å². The number of fused-ring (bicyclic) bond motifs is 2. The Balaban J connectivity index is 2.70. The number of aromatic nitrogens is 2. The molecular formula is C12H6N4S2. The van der Waals surface area contributed by atoms with Gasteiger partial charge in [0.25, 0.3) is 0 Å². The summed E-state index contributed by atoms with van der Waals surface area (Å²) in [6.07, 6.45) is 0. The Morgan fingerprint density at radius 1 is 0.833 bits per heavy atom. The second-order valence-electron chi connectivity index (χ2n) is 3.79. The van der Waals surface area contributed by atoms with Crippen molar-refractivity contribution in [2.24, 2.45) is 0 Å². The quantitative estimate of drug-likeness (QED) is 0.628. The van der Waals surface area contributed by atoms with Gasteiger partial charge in [-0.05, 0) is 13.8 Å². The first-order valence-electron chi connectivity index (χ1n) is 5.16. The second kappa shape index (κ2) is 3.74. The summed E-state index contributed by atoms with van der Waals surface area (Å²) < 4.78 is 1.54. The van der Waals surface area contributed by atoms with Crippen LogP contribution in [-0.4, -0.2) is 9.97 Å². The van der Waals surface area contributed by atoms with Gasteiger partial charge in [-0.1, -0.05) is 0 Å². The van der Waals surface area contributed by atoms with Crippen molar-refractivity contribution >= 4 is 43.1 Å². The van der Waals surface area contributed by atoms with Crippen LogP contribution < -0.4 is 0 Å². The minimum Gasteiger partial charge on any atom is -0.240 e. The van der Waals surface area contributed by atoms with Crippen molar-refractivity contribution in [1.82, 2.24) is 9.97 Å². The highest BCUT2D eigenvalue weighted by Gasteiger charge is 2.20. The van der Waals surface area contributed by atoms with Crippen LogP contribution in [0.3, 0.4) is 0 Å². The summed E-state index contributed by atoms with van der Waals surface area (Å²) in [5.74, 6) is 0. The molecule has 1 aromatic carbocycles. The standard InChI is InChI=1S/C12H6N4S2/c1-5-15-9-7(3-13)12-10(16-6(2)18-12)8(4-14)11(9)17-5/h1-2H3. The fourth-order valence-electron chi connectivity index (χ4n) is 1.95. The fraction of sp³-hybridized carbons (Fsp3) is 0.167. The number of rotatable bonds is 0. The average Bonchev–Trinajstić information content (AvgIpc) is 2.87. The molecule has 0 saturated heterocycles. The van der Waals surface area contributed by atoms with Crippen molar-refractivity contribution in [3.8, 4) is 12.1 Å². The van der Waals surface area contributed by atoms with Crippen LogP contribution in [0, 0.1) is 36.5 Å². The second-order valence-corrected chi connectivity index (χ2v) is 6.20. The summed E-state index contributed by atoms with van der Waals surface area (Å²) in [4.78, 5) is 8.75. The van der Waals surface area contributed by atoms with Gasteiger partial charge in [0.2, 0.25) is 0 Å². The predicted octanol–water partition coefficient (Wildman–Crippen LogP) is 3.27. The minimum atomic E-state index is 0.536. The normalized spacial score (nSPS) is 10.7. The van der Waals surface area contributed by atoms with E-state index in [4.69, 9.17) is 0 Å². The lowest BCUT2D eigenvalue weighted by atomic mass is 10.1. The van der Waals surface area contributed by atoms with Crippen molar-refractivity contribution < 1.29 is 0 Å². The molecule has 2 heterocycles. The molecule has 4 nitrogen and oxygen atoms in total. The number of hydrogen-bond acceptors (Lipinski definition) is 6. The smallest absolute Gasteiger partial charge is 0.103 e. The van der Waals surface area contributed by atoms with E-state index in [1.807, 2.05) is 13.8 Å². The molecular weight excluding hydrogens is 264 g/mol. The van der Waals surface area contributed by atoms with Gasteiger partial charge in [0.05, 0.1) is 30.5 Å². The van der Waals surface area contributed by atoms with Crippen LogP contribution in [0.2, 0.25) is 0 Å². The zero-order chi connectivity index (χ0) is 12.9. The molecule has 2 aromatic heterocycles. The maximum absolute atomic E-state index is 9.33. The first-order valence-corrected chi connectivity index (χ1v) is 6.79. The molecule has 0 aliphatic heterocycles. The third-order valence-corrected chi connectivity index (χ3v) is 4.60. The van der Waals surface area contributed by atoms with E-state index in [1.165, 1.54) is 22.7 Å². The van der Waals surface area contributed by atoms with E-state index >= 15 is 0 Å². The van der Waals surface area contributed by atoms with Gasteiger partial charge in [-0.25, -0.2) is 9.97 Å². The van der Waals surface area contributed by atoms with Crippen molar-refractivity contribution in [2.75, 3.05) is 0 Å². The molecule has 0 aliphatic rings. The molecule has 3 rings (SSSR count). The predicted molar refractivity (Wildman–Crippen MR) is 71.7 cm³/mol. The Hall–Kier alpha value is -2.02. The molecule has 6 heteroatoms. The molecule has 86 valence electrons. The maximum Gasteiger partial charge on any atom is 0.103 e. The minimum absolute atomic E-state index is 0.536. The van der Waals surface area contributed by atoms with Crippen LogP contribution in [-0.2, 0) is 0 Å². The highest BCUT2D eigenvalue weighted by Crippen LogP contribution is 2.37. The van der Waals surface area contributed by atoms with Gasteiger partial charge in [0, 0.05) is 0 Å². The molecule has 0 amide bonds. The number of thiazole rings is 2. The molecule has 0 saturated carbocycles. The van der Waals surface area contributed by atoms with E-state index in [1.54, 1.807) is 0 Å². The maximum atomic E-state index is 9.33. The molecule has 0 spiro atoms. The van der Waals surface area contributed by atoms with E-state index in [-0.39, 0.29) is 0 Å². The number of aryl methyl sites for hydroxylation is 2. The summed E-state index contributed by atoms with van der Waals surface area (Å²) in [7, 11) is 0. The molecule has 18 heavy (non-hydrogen) atoms. The zero-order valence-electron chi connectivity index (χ0n) is 9.61. The van der Waals surface area contributed by atoms with Gasteiger partial charge in [0.1, 0.15) is 23.2 Å². The lowest BCUT2D eigenvalue weighted by Gasteiger charge is -1.97. The largest absolute Gasteiger partial charge is 0.240 e. The van der Waals surface area contributed by atoms with Gasteiger partial charge in [-0.2, -0.15) is 10.5 Å². The van der Waals surface area contributed by atoms with Gasteiger partial charge in [-0.15, -0.1) is 22.7 Å². The van der Waals surface area contributed by atoms with Crippen molar-refractivity contribution in [3.05, 3.63) is 21.1 Å². The Bertz CT molecular complexity index is 747. The van der Waals surface area contributed by atoms with Crippen LogP contribution in [0.15, 0.2) is 0 Å².